The van der Waals surface area contributed by atoms with Crippen LogP contribution >= 0.6 is 0 Å². The number of benzene rings is 2. The minimum Gasteiger partial charge on any atom is -0.480 e. The Bertz CT molecular complexity index is 1230. The molecule has 0 fully saturated rings. The summed E-state index contributed by atoms with van der Waals surface area (Å²) in [5.41, 5.74) is 2.13. The van der Waals surface area contributed by atoms with E-state index in [0.29, 0.717) is 5.69 Å². The fourth-order valence-corrected chi connectivity index (χ4v) is 4.03. The molecule has 0 spiro atoms. The number of carboxylic acids is 1. The molecule has 3 aromatic rings. The predicted molar refractivity (Wildman–Crippen MR) is 147 cm³/mol. The van der Waals surface area contributed by atoms with Gasteiger partial charge < -0.3 is 30.8 Å². The molecule has 0 saturated heterocycles. The molecular weight excluding hydrogens is 514 g/mol. The van der Waals surface area contributed by atoms with Crippen LogP contribution in [0.3, 0.4) is 0 Å². The van der Waals surface area contributed by atoms with Crippen molar-refractivity contribution in [2.24, 2.45) is 5.92 Å². The molecule has 0 aliphatic carbocycles. The number of imidazole rings is 1. The topological polar surface area (TPSA) is 163 Å². The number of rotatable bonds is 14. The highest BCUT2D eigenvalue weighted by atomic mass is 16.5. The highest BCUT2D eigenvalue weighted by Crippen LogP contribution is 2.09. The standard InChI is InChI=1S/C29H35N5O6/c1-19(2)13-25(28(37)38)33-27(36)24(15-22-16-30-18-31-22)32-26(35)23(14-20-9-5-3-6-10-20)34-29(39)40-17-21-11-7-4-8-12-21/h3-12,16,18-19,23-25H,13-15,17H2,1-2H3,(H,30,31)(H,32,35)(H,33,36)(H,34,39)(H,37,38)/t23-,24+,25+/m1/s1. The number of aromatic nitrogens is 2. The van der Waals surface area contributed by atoms with Crippen LogP contribution in [0.5, 0.6) is 0 Å². The second kappa shape index (κ2) is 15.1. The third kappa shape index (κ3) is 9.90. The third-order valence-corrected chi connectivity index (χ3v) is 6.04. The lowest BCUT2D eigenvalue weighted by Gasteiger charge is -2.25. The van der Waals surface area contributed by atoms with Crippen LogP contribution in [0.2, 0.25) is 0 Å². The zero-order valence-corrected chi connectivity index (χ0v) is 22.5. The van der Waals surface area contributed by atoms with Crippen molar-refractivity contribution in [3.63, 3.8) is 0 Å². The Morgan fingerprint density at radius 2 is 1.40 bits per heavy atom. The molecule has 0 aliphatic heterocycles. The Labute approximate surface area is 232 Å². The number of alkyl carbamates (subject to hydrolysis) is 1. The van der Waals surface area contributed by atoms with Crippen LogP contribution in [-0.2, 0) is 38.6 Å². The van der Waals surface area contributed by atoms with Gasteiger partial charge in [0.25, 0.3) is 0 Å². The highest BCUT2D eigenvalue weighted by Gasteiger charge is 2.30. The average Bonchev–Trinajstić information content (AvgIpc) is 3.45. The van der Waals surface area contributed by atoms with Gasteiger partial charge >= 0.3 is 12.1 Å². The number of carboxylic acid groups (broad SMARTS) is 1. The van der Waals surface area contributed by atoms with E-state index in [1.165, 1.54) is 12.5 Å². The van der Waals surface area contributed by atoms with Gasteiger partial charge in [-0.05, 0) is 23.5 Å². The van der Waals surface area contributed by atoms with Gasteiger partial charge in [-0.15, -0.1) is 0 Å². The first-order chi connectivity index (χ1) is 19.2. The number of ether oxygens (including phenoxy) is 1. The van der Waals surface area contributed by atoms with E-state index >= 15 is 0 Å². The van der Waals surface area contributed by atoms with Gasteiger partial charge in [0.1, 0.15) is 24.7 Å². The molecule has 0 aliphatic rings. The second-order valence-electron chi connectivity index (χ2n) is 9.82. The highest BCUT2D eigenvalue weighted by molar-refractivity contribution is 5.93. The van der Waals surface area contributed by atoms with Gasteiger partial charge in [0, 0.05) is 24.7 Å². The maximum Gasteiger partial charge on any atom is 0.408 e. The summed E-state index contributed by atoms with van der Waals surface area (Å²) in [5.74, 6) is -2.45. The molecule has 1 heterocycles. The van der Waals surface area contributed by atoms with Gasteiger partial charge in [-0.25, -0.2) is 14.6 Å². The predicted octanol–water partition coefficient (Wildman–Crippen LogP) is 2.59. The number of H-pyrrole nitrogens is 1. The van der Waals surface area contributed by atoms with Crippen LogP contribution in [0, 0.1) is 5.92 Å². The molecule has 3 rings (SSSR count). The van der Waals surface area contributed by atoms with Crippen molar-refractivity contribution in [1.29, 1.82) is 0 Å². The first kappa shape index (κ1) is 29.9. The maximum atomic E-state index is 13.5. The minimum absolute atomic E-state index is 0.0170. The van der Waals surface area contributed by atoms with E-state index in [1.807, 2.05) is 74.5 Å². The van der Waals surface area contributed by atoms with E-state index in [2.05, 4.69) is 25.9 Å². The molecule has 0 saturated carbocycles. The van der Waals surface area contributed by atoms with E-state index in [1.54, 1.807) is 0 Å². The summed E-state index contributed by atoms with van der Waals surface area (Å²) < 4.78 is 5.31. The lowest BCUT2D eigenvalue weighted by Crippen LogP contribution is -2.57. The Balaban J connectivity index is 1.76. The van der Waals surface area contributed by atoms with Crippen LogP contribution in [0.4, 0.5) is 4.79 Å². The number of carbonyl (C=O) groups excluding carboxylic acids is 3. The van der Waals surface area contributed by atoms with Gasteiger partial charge in [0.2, 0.25) is 11.8 Å². The van der Waals surface area contributed by atoms with Crippen molar-refractivity contribution >= 4 is 23.9 Å². The first-order valence-corrected chi connectivity index (χ1v) is 13.0. The second-order valence-corrected chi connectivity index (χ2v) is 9.82. The summed E-state index contributed by atoms with van der Waals surface area (Å²) in [4.78, 5) is 58.0. The van der Waals surface area contributed by atoms with Crippen molar-refractivity contribution in [2.75, 3.05) is 0 Å². The number of carbonyl (C=O) groups is 4. The van der Waals surface area contributed by atoms with Gasteiger partial charge in [-0.3, -0.25) is 9.59 Å². The van der Waals surface area contributed by atoms with Crippen molar-refractivity contribution in [3.8, 4) is 0 Å². The van der Waals surface area contributed by atoms with Crippen molar-refractivity contribution in [2.45, 2.75) is 57.8 Å². The summed E-state index contributed by atoms with van der Waals surface area (Å²) in [5, 5.41) is 17.4. The zero-order chi connectivity index (χ0) is 28.9. The molecule has 11 heteroatoms. The van der Waals surface area contributed by atoms with E-state index in [4.69, 9.17) is 4.74 Å². The molecule has 2 aromatic carbocycles. The van der Waals surface area contributed by atoms with E-state index in [-0.39, 0.29) is 31.8 Å². The number of amides is 3. The Morgan fingerprint density at radius 3 is 1.95 bits per heavy atom. The number of aromatic amines is 1. The van der Waals surface area contributed by atoms with Crippen molar-refractivity contribution in [3.05, 3.63) is 90.0 Å². The Morgan fingerprint density at radius 1 is 0.825 bits per heavy atom. The molecule has 0 unspecified atom stereocenters. The fraction of sp³-hybridized carbons (Fsp3) is 0.345. The van der Waals surface area contributed by atoms with Crippen molar-refractivity contribution < 1.29 is 29.0 Å². The molecule has 0 radical (unpaired) electrons. The zero-order valence-electron chi connectivity index (χ0n) is 22.5. The van der Waals surface area contributed by atoms with Crippen LogP contribution in [0.25, 0.3) is 0 Å². The molecule has 1 aromatic heterocycles. The van der Waals surface area contributed by atoms with Crippen LogP contribution in [-0.4, -0.2) is 57.1 Å². The number of aliphatic carboxylic acids is 1. The molecule has 3 amide bonds. The molecular formula is C29H35N5O6. The smallest absolute Gasteiger partial charge is 0.408 e. The number of nitrogens with zero attached hydrogens (tertiary/aromatic N) is 1. The van der Waals surface area contributed by atoms with Gasteiger partial charge in [-0.1, -0.05) is 74.5 Å². The molecule has 5 N–H and O–H groups in total. The Kier molecular flexibility index (Phi) is 11.2. The van der Waals surface area contributed by atoms with Crippen LogP contribution in [0.15, 0.2) is 73.2 Å². The number of nitrogens with one attached hydrogen (secondary N) is 4. The monoisotopic (exact) mass is 549 g/mol. The van der Waals surface area contributed by atoms with Gasteiger partial charge in [0.15, 0.2) is 0 Å². The van der Waals surface area contributed by atoms with Crippen LogP contribution in [0.1, 0.15) is 37.1 Å². The summed E-state index contributed by atoms with van der Waals surface area (Å²) in [6.45, 7) is 3.72. The summed E-state index contributed by atoms with van der Waals surface area (Å²) in [6.07, 6.45) is 2.54. The minimum atomic E-state index is -1.17. The first-order valence-electron chi connectivity index (χ1n) is 13.0. The largest absolute Gasteiger partial charge is 0.480 e. The lowest BCUT2D eigenvalue weighted by atomic mass is 10.0. The SMILES string of the molecule is CC(C)C[C@H](NC(=O)[C@H](Cc1cnc[nH]1)NC(=O)[C@@H](Cc1ccccc1)NC(=O)OCc1ccccc1)C(=O)O. The van der Waals surface area contributed by atoms with Gasteiger partial charge in [-0.2, -0.15) is 0 Å². The van der Waals surface area contributed by atoms with Crippen molar-refractivity contribution in [1.82, 2.24) is 25.9 Å². The number of hydrogen-bond acceptors (Lipinski definition) is 6. The van der Waals surface area contributed by atoms with E-state index in [9.17, 15) is 24.3 Å². The summed E-state index contributed by atoms with van der Waals surface area (Å²) >= 11 is 0. The summed E-state index contributed by atoms with van der Waals surface area (Å²) in [6, 6.07) is 14.9. The van der Waals surface area contributed by atoms with Gasteiger partial charge in [0.05, 0.1) is 6.33 Å². The maximum absolute atomic E-state index is 13.5. The average molecular weight is 550 g/mol. The molecule has 3 atom stereocenters. The quantitative estimate of drug-likeness (QED) is 0.206. The number of hydrogen-bond donors (Lipinski definition) is 5. The summed E-state index contributed by atoms with van der Waals surface area (Å²) in [7, 11) is 0. The molecule has 212 valence electrons. The normalized spacial score (nSPS) is 13.1. The molecule has 11 nitrogen and oxygen atoms in total. The van der Waals surface area contributed by atoms with E-state index in [0.717, 1.165) is 11.1 Å². The van der Waals surface area contributed by atoms with Crippen LogP contribution < -0.4 is 16.0 Å². The molecule has 40 heavy (non-hydrogen) atoms. The molecule has 0 bridgehead atoms. The fourth-order valence-electron chi connectivity index (χ4n) is 4.03. The van der Waals surface area contributed by atoms with E-state index < -0.39 is 42.0 Å². The lowest BCUT2D eigenvalue weighted by molar-refractivity contribution is -0.142. The third-order valence-electron chi connectivity index (χ3n) is 6.04. The Hall–Kier alpha value is -4.67.